The Labute approximate surface area is 158 Å². The number of urea groups is 1. The smallest absolute Gasteiger partial charge is 0.325 e. The Kier molecular flexibility index (Phi) is 4.32. The van der Waals surface area contributed by atoms with Gasteiger partial charge in [-0.05, 0) is 49.3 Å². The van der Waals surface area contributed by atoms with Crippen LogP contribution in [0.2, 0.25) is 0 Å². The molecule has 2 fully saturated rings. The molecule has 0 bridgehead atoms. The van der Waals surface area contributed by atoms with E-state index in [1.165, 1.54) is 0 Å². The first kappa shape index (κ1) is 17.8. The van der Waals surface area contributed by atoms with Crippen LogP contribution in [-0.2, 0) is 16.0 Å². The number of amides is 4. The van der Waals surface area contributed by atoms with Gasteiger partial charge in [0.05, 0.1) is 0 Å². The number of imide groups is 1. The van der Waals surface area contributed by atoms with Gasteiger partial charge < -0.3 is 16.0 Å². The molecule has 3 N–H and O–H groups in total. The summed E-state index contributed by atoms with van der Waals surface area (Å²) in [6.45, 7) is 2.35. The van der Waals surface area contributed by atoms with Gasteiger partial charge in [-0.25, -0.2) is 4.79 Å². The number of anilines is 2. The lowest BCUT2D eigenvalue weighted by Gasteiger charge is -2.37. The monoisotopic (exact) mass is 370 g/mol. The molecule has 2 unspecified atom stereocenters. The predicted molar refractivity (Wildman–Crippen MR) is 102 cm³/mol. The zero-order chi connectivity index (χ0) is 19.2. The SMILES string of the molecule is CC1CCCCC12NC(=O)N(CC(=O)N1CCCc3c(N)cccc31)C2=O. The third kappa shape index (κ3) is 2.76. The lowest BCUT2D eigenvalue weighted by Crippen LogP contribution is -2.54. The Morgan fingerprint density at radius 3 is 2.89 bits per heavy atom. The fourth-order valence-corrected chi connectivity index (χ4v) is 4.77. The molecular formula is C20H26N4O3. The number of nitrogens with one attached hydrogen (secondary N) is 1. The van der Waals surface area contributed by atoms with Crippen molar-refractivity contribution in [2.75, 3.05) is 23.7 Å². The number of nitrogens with zero attached hydrogens (tertiary/aromatic N) is 2. The second-order valence-electron chi connectivity index (χ2n) is 7.93. The Bertz CT molecular complexity index is 808. The highest BCUT2D eigenvalue weighted by atomic mass is 16.2. The minimum Gasteiger partial charge on any atom is -0.398 e. The quantitative estimate of drug-likeness (QED) is 0.615. The molecule has 4 rings (SSSR count). The highest BCUT2D eigenvalue weighted by molar-refractivity contribution is 6.10. The summed E-state index contributed by atoms with van der Waals surface area (Å²) in [4.78, 5) is 41.3. The molecule has 0 radical (unpaired) electrons. The molecule has 0 aromatic heterocycles. The molecule has 2 heterocycles. The number of rotatable bonds is 2. The first-order valence-corrected chi connectivity index (χ1v) is 9.76. The molecule has 3 aliphatic rings. The summed E-state index contributed by atoms with van der Waals surface area (Å²) < 4.78 is 0. The van der Waals surface area contributed by atoms with Gasteiger partial charge >= 0.3 is 6.03 Å². The second kappa shape index (κ2) is 6.55. The second-order valence-corrected chi connectivity index (χ2v) is 7.93. The maximum atomic E-state index is 13.1. The number of hydrogen-bond donors (Lipinski definition) is 2. The fourth-order valence-electron chi connectivity index (χ4n) is 4.77. The largest absolute Gasteiger partial charge is 0.398 e. The van der Waals surface area contributed by atoms with Crippen molar-refractivity contribution in [2.45, 2.75) is 51.0 Å². The van der Waals surface area contributed by atoms with E-state index in [9.17, 15) is 14.4 Å². The van der Waals surface area contributed by atoms with Gasteiger partial charge in [-0.3, -0.25) is 14.5 Å². The molecule has 1 saturated heterocycles. The highest BCUT2D eigenvalue weighted by Crippen LogP contribution is 2.38. The van der Waals surface area contributed by atoms with Crippen molar-refractivity contribution in [3.05, 3.63) is 23.8 Å². The molecule has 7 nitrogen and oxygen atoms in total. The van der Waals surface area contributed by atoms with Crippen molar-refractivity contribution in [3.63, 3.8) is 0 Å². The van der Waals surface area contributed by atoms with Crippen LogP contribution >= 0.6 is 0 Å². The molecule has 4 amide bonds. The lowest BCUT2D eigenvalue weighted by molar-refractivity contribution is -0.136. The van der Waals surface area contributed by atoms with E-state index in [2.05, 4.69) is 5.32 Å². The van der Waals surface area contributed by atoms with Gasteiger partial charge in [-0.15, -0.1) is 0 Å². The van der Waals surface area contributed by atoms with Gasteiger partial charge in [0.15, 0.2) is 0 Å². The minimum atomic E-state index is -0.833. The van der Waals surface area contributed by atoms with E-state index in [1.54, 1.807) is 4.90 Å². The van der Waals surface area contributed by atoms with E-state index in [4.69, 9.17) is 5.73 Å². The lowest BCUT2D eigenvalue weighted by atomic mass is 9.73. The van der Waals surface area contributed by atoms with Crippen molar-refractivity contribution < 1.29 is 14.4 Å². The zero-order valence-corrected chi connectivity index (χ0v) is 15.7. The maximum absolute atomic E-state index is 13.1. The molecule has 2 aliphatic heterocycles. The number of carbonyl (C=O) groups excluding carboxylic acids is 3. The first-order valence-electron chi connectivity index (χ1n) is 9.76. The summed E-state index contributed by atoms with van der Waals surface area (Å²) in [5, 5.41) is 2.90. The Balaban J connectivity index is 1.55. The standard InChI is InChI=1S/C20H26N4O3/c1-13-6-2-3-10-20(13)18(26)24(19(27)22-20)12-17(25)23-11-5-7-14-15(21)8-4-9-16(14)23/h4,8-9,13H,2-3,5-7,10-12,21H2,1H3,(H,22,27). The summed E-state index contributed by atoms with van der Waals surface area (Å²) in [5.41, 5.74) is 7.65. The maximum Gasteiger partial charge on any atom is 0.325 e. The van der Waals surface area contributed by atoms with Crippen LogP contribution < -0.4 is 16.0 Å². The summed E-state index contributed by atoms with van der Waals surface area (Å²) in [6.07, 6.45) is 5.18. The van der Waals surface area contributed by atoms with Crippen molar-refractivity contribution in [3.8, 4) is 0 Å². The minimum absolute atomic E-state index is 0.0818. The average molecular weight is 370 g/mol. The van der Waals surface area contributed by atoms with Crippen LogP contribution in [0, 0.1) is 5.92 Å². The van der Waals surface area contributed by atoms with Gasteiger partial charge in [0.1, 0.15) is 12.1 Å². The molecule has 27 heavy (non-hydrogen) atoms. The van der Waals surface area contributed by atoms with Crippen LogP contribution in [-0.4, -0.2) is 41.4 Å². The molecule has 144 valence electrons. The zero-order valence-electron chi connectivity index (χ0n) is 15.7. The molecule has 2 atom stereocenters. The summed E-state index contributed by atoms with van der Waals surface area (Å²) in [7, 11) is 0. The molecule has 7 heteroatoms. The topological polar surface area (TPSA) is 95.7 Å². The number of hydrogen-bond acceptors (Lipinski definition) is 4. The van der Waals surface area contributed by atoms with Crippen LogP contribution in [0.15, 0.2) is 18.2 Å². The van der Waals surface area contributed by atoms with E-state index >= 15 is 0 Å². The number of benzene rings is 1. The summed E-state index contributed by atoms with van der Waals surface area (Å²) in [5.74, 6) is -0.415. The van der Waals surface area contributed by atoms with Gasteiger partial charge in [-0.1, -0.05) is 25.8 Å². The number of nitrogen functional groups attached to an aromatic ring is 1. The third-order valence-corrected chi connectivity index (χ3v) is 6.38. The highest BCUT2D eigenvalue weighted by Gasteiger charge is 2.55. The molecule has 1 saturated carbocycles. The van der Waals surface area contributed by atoms with Crippen molar-refractivity contribution in [1.82, 2.24) is 10.2 Å². The third-order valence-electron chi connectivity index (χ3n) is 6.38. The van der Waals surface area contributed by atoms with Crippen molar-refractivity contribution in [2.24, 2.45) is 5.92 Å². The normalized spacial score (nSPS) is 27.7. The number of nitrogens with two attached hydrogens (primary N) is 1. The molecule has 1 aliphatic carbocycles. The summed E-state index contributed by atoms with van der Waals surface area (Å²) in [6, 6.07) is 5.08. The molecular weight excluding hydrogens is 344 g/mol. The van der Waals surface area contributed by atoms with Crippen molar-refractivity contribution in [1.29, 1.82) is 0 Å². The summed E-state index contributed by atoms with van der Waals surface area (Å²) >= 11 is 0. The molecule has 1 spiro atoms. The van der Waals surface area contributed by atoms with E-state index in [0.717, 1.165) is 48.3 Å². The van der Waals surface area contributed by atoms with Gasteiger partial charge in [0, 0.05) is 17.9 Å². The molecule has 1 aromatic rings. The van der Waals surface area contributed by atoms with Crippen LogP contribution in [0.3, 0.4) is 0 Å². The fraction of sp³-hybridized carbons (Fsp3) is 0.550. The van der Waals surface area contributed by atoms with Crippen molar-refractivity contribution >= 4 is 29.2 Å². The Morgan fingerprint density at radius 1 is 1.30 bits per heavy atom. The van der Waals surface area contributed by atoms with Crippen LogP contribution in [0.4, 0.5) is 16.2 Å². The Morgan fingerprint density at radius 2 is 2.11 bits per heavy atom. The van der Waals surface area contributed by atoms with E-state index in [-0.39, 0.29) is 24.3 Å². The van der Waals surface area contributed by atoms with Gasteiger partial charge in [0.25, 0.3) is 5.91 Å². The average Bonchev–Trinajstić information content (AvgIpc) is 2.89. The Hall–Kier alpha value is -2.57. The van der Waals surface area contributed by atoms with E-state index in [0.29, 0.717) is 18.7 Å². The van der Waals surface area contributed by atoms with Gasteiger partial charge in [0.2, 0.25) is 5.91 Å². The number of carbonyl (C=O) groups is 3. The number of fused-ring (bicyclic) bond motifs is 1. The van der Waals surface area contributed by atoms with Crippen LogP contribution in [0.1, 0.15) is 44.6 Å². The van der Waals surface area contributed by atoms with Crippen LogP contribution in [0.25, 0.3) is 0 Å². The predicted octanol–water partition coefficient (Wildman–Crippen LogP) is 2.05. The first-order chi connectivity index (χ1) is 12.9. The van der Waals surface area contributed by atoms with E-state index in [1.807, 2.05) is 25.1 Å². The molecule has 1 aromatic carbocycles. The van der Waals surface area contributed by atoms with Crippen LogP contribution in [0.5, 0.6) is 0 Å². The van der Waals surface area contributed by atoms with E-state index < -0.39 is 11.6 Å². The van der Waals surface area contributed by atoms with Gasteiger partial charge in [-0.2, -0.15) is 0 Å².